The molecule has 2 aliphatic heterocycles. The lowest BCUT2D eigenvalue weighted by Crippen LogP contribution is -2.33. The largest absolute Gasteiger partial charge is 0.504 e. The van der Waals surface area contributed by atoms with Gasteiger partial charge in [0.15, 0.2) is 23.4 Å². The summed E-state index contributed by atoms with van der Waals surface area (Å²) < 4.78 is 11.1. The van der Waals surface area contributed by atoms with Gasteiger partial charge in [0.05, 0.1) is 18.6 Å². The molecular formula is C22H25NO6. The first kappa shape index (κ1) is 19.5. The second-order valence-corrected chi connectivity index (χ2v) is 8.74. The van der Waals surface area contributed by atoms with Gasteiger partial charge in [0, 0.05) is 24.0 Å². The van der Waals surface area contributed by atoms with E-state index in [9.17, 15) is 19.5 Å². The highest BCUT2D eigenvalue weighted by atomic mass is 16.5. The summed E-state index contributed by atoms with van der Waals surface area (Å²) in [6, 6.07) is 0. The van der Waals surface area contributed by atoms with Gasteiger partial charge in [-0.25, -0.2) is 4.79 Å². The average molecular weight is 399 g/mol. The molecule has 0 bridgehead atoms. The Morgan fingerprint density at radius 3 is 2.76 bits per heavy atom. The topological polar surface area (TPSA) is 97.1 Å². The van der Waals surface area contributed by atoms with Crippen LogP contribution in [0.25, 0.3) is 11.0 Å². The molecule has 1 saturated heterocycles. The molecule has 1 amide bonds. The molecule has 1 aromatic heterocycles. The Morgan fingerprint density at radius 2 is 2.10 bits per heavy atom. The number of fused-ring (bicyclic) bond motifs is 3. The predicted molar refractivity (Wildman–Crippen MR) is 107 cm³/mol. The minimum atomic E-state index is -0.652. The van der Waals surface area contributed by atoms with E-state index in [1.165, 1.54) is 0 Å². The zero-order valence-electron chi connectivity index (χ0n) is 17.0. The number of nitrogens with zero attached hydrogens (tertiary/aromatic N) is 1. The van der Waals surface area contributed by atoms with Crippen molar-refractivity contribution < 1.29 is 23.8 Å². The maximum absolute atomic E-state index is 12.8. The minimum absolute atomic E-state index is 0.0485. The van der Waals surface area contributed by atoms with Crippen LogP contribution in [0.15, 0.2) is 9.21 Å². The van der Waals surface area contributed by atoms with Crippen molar-refractivity contribution in [1.29, 1.82) is 0 Å². The molecule has 0 saturated carbocycles. The molecule has 1 N–H and O–H groups in total. The molecule has 7 nitrogen and oxygen atoms in total. The van der Waals surface area contributed by atoms with Gasteiger partial charge in [0.1, 0.15) is 5.56 Å². The number of benzene rings is 1. The van der Waals surface area contributed by atoms with E-state index in [1.54, 1.807) is 11.8 Å². The second kappa shape index (κ2) is 6.90. The summed E-state index contributed by atoms with van der Waals surface area (Å²) in [5, 5.41) is 11.0. The third kappa shape index (κ3) is 3.18. The Balaban J connectivity index is 1.84. The second-order valence-electron chi connectivity index (χ2n) is 8.74. The summed E-state index contributed by atoms with van der Waals surface area (Å²) in [5.41, 5.74) is 0.997. The minimum Gasteiger partial charge on any atom is -0.504 e. The number of phenols is 1. The molecule has 0 aliphatic carbocycles. The number of aryl methyl sites for hydroxylation is 2. The van der Waals surface area contributed by atoms with Crippen molar-refractivity contribution in [2.24, 2.45) is 5.41 Å². The Bertz CT molecular complexity index is 1080. The normalized spacial score (nSPS) is 17.8. The molecule has 3 heterocycles. The molecule has 7 heteroatoms. The molecule has 1 aromatic carbocycles. The first-order valence-electron chi connectivity index (χ1n) is 9.93. The first-order chi connectivity index (χ1) is 13.7. The Morgan fingerprint density at radius 1 is 1.34 bits per heavy atom. The highest BCUT2D eigenvalue weighted by Crippen LogP contribution is 2.44. The van der Waals surface area contributed by atoms with Gasteiger partial charge in [-0.05, 0) is 37.2 Å². The molecule has 0 radical (unpaired) electrons. The Hall–Kier alpha value is -2.83. The van der Waals surface area contributed by atoms with Gasteiger partial charge in [-0.15, -0.1) is 0 Å². The number of aldehydes is 1. The number of amides is 1. The average Bonchev–Trinajstić information content (AvgIpc) is 3.05. The third-order valence-corrected chi connectivity index (χ3v) is 6.08. The van der Waals surface area contributed by atoms with Gasteiger partial charge >= 0.3 is 5.63 Å². The molecule has 2 aliphatic rings. The smallest absolute Gasteiger partial charge is 0.340 e. The number of phenolic OH excluding ortho intramolecular Hbond substituents is 1. The standard InChI is InChI=1S/C22H25NO6/c1-12-14(9-16(25)23-7-6-22(2,3)11-23)21(27)29-19-15(10-24)18(26)20-13(17(12)19)5-4-8-28-20/h10,26H,4-9,11H2,1-3H3. The van der Waals surface area contributed by atoms with Crippen LogP contribution in [0.4, 0.5) is 0 Å². The summed E-state index contributed by atoms with van der Waals surface area (Å²) in [4.78, 5) is 38.9. The summed E-state index contributed by atoms with van der Waals surface area (Å²) in [5.74, 6) is -0.140. The van der Waals surface area contributed by atoms with Crippen LogP contribution in [0.1, 0.15) is 53.7 Å². The van der Waals surface area contributed by atoms with Crippen LogP contribution in [0.3, 0.4) is 0 Å². The van der Waals surface area contributed by atoms with Crippen molar-refractivity contribution in [3.63, 3.8) is 0 Å². The Labute approximate surface area is 168 Å². The molecule has 0 atom stereocenters. The molecule has 154 valence electrons. The fourth-order valence-corrected chi connectivity index (χ4v) is 4.44. The summed E-state index contributed by atoms with van der Waals surface area (Å²) in [6.45, 7) is 7.78. The van der Waals surface area contributed by atoms with Crippen molar-refractivity contribution in [2.75, 3.05) is 19.7 Å². The van der Waals surface area contributed by atoms with Crippen molar-refractivity contribution in [3.05, 3.63) is 32.7 Å². The van der Waals surface area contributed by atoms with E-state index in [-0.39, 0.29) is 40.4 Å². The van der Waals surface area contributed by atoms with Crippen LogP contribution >= 0.6 is 0 Å². The SMILES string of the molecule is Cc1c(CC(=O)N2CCC(C)(C)C2)c(=O)oc2c(C=O)c(O)c3c(c12)CCCO3. The van der Waals surface area contributed by atoms with Crippen molar-refractivity contribution in [3.8, 4) is 11.5 Å². The van der Waals surface area contributed by atoms with E-state index in [0.717, 1.165) is 12.8 Å². The highest BCUT2D eigenvalue weighted by molar-refractivity contribution is 6.02. The predicted octanol–water partition coefficient (Wildman–Crippen LogP) is 2.75. The van der Waals surface area contributed by atoms with E-state index >= 15 is 0 Å². The maximum atomic E-state index is 12.8. The van der Waals surface area contributed by atoms with Crippen LogP contribution in [-0.4, -0.2) is 41.9 Å². The molecule has 0 spiro atoms. The molecule has 2 aromatic rings. The number of ether oxygens (including phenoxy) is 1. The van der Waals surface area contributed by atoms with E-state index in [1.807, 2.05) is 0 Å². The van der Waals surface area contributed by atoms with E-state index in [2.05, 4.69) is 13.8 Å². The zero-order chi connectivity index (χ0) is 20.9. The van der Waals surface area contributed by atoms with Gasteiger partial charge in [-0.1, -0.05) is 13.8 Å². The van der Waals surface area contributed by atoms with Gasteiger partial charge in [0.2, 0.25) is 5.91 Å². The van der Waals surface area contributed by atoms with Crippen LogP contribution in [0.5, 0.6) is 11.5 Å². The molecule has 0 unspecified atom stereocenters. The van der Waals surface area contributed by atoms with Crippen LogP contribution in [0.2, 0.25) is 0 Å². The third-order valence-electron chi connectivity index (χ3n) is 6.08. The quantitative estimate of drug-likeness (QED) is 0.630. The fourth-order valence-electron chi connectivity index (χ4n) is 4.44. The number of hydrogen-bond donors (Lipinski definition) is 1. The van der Waals surface area contributed by atoms with Gasteiger partial charge in [-0.2, -0.15) is 0 Å². The van der Waals surface area contributed by atoms with E-state index in [4.69, 9.17) is 9.15 Å². The van der Waals surface area contributed by atoms with Gasteiger partial charge < -0.3 is 19.2 Å². The first-order valence-corrected chi connectivity index (χ1v) is 9.93. The van der Waals surface area contributed by atoms with Crippen LogP contribution < -0.4 is 10.4 Å². The fraction of sp³-hybridized carbons (Fsp3) is 0.500. The van der Waals surface area contributed by atoms with Crippen molar-refractivity contribution >= 4 is 23.2 Å². The summed E-state index contributed by atoms with van der Waals surface area (Å²) in [7, 11) is 0. The van der Waals surface area contributed by atoms with Crippen molar-refractivity contribution in [1.82, 2.24) is 4.90 Å². The number of carbonyl (C=O) groups excluding carboxylic acids is 2. The molecule has 4 rings (SSSR count). The number of carbonyl (C=O) groups is 2. The molecule has 1 fully saturated rings. The number of rotatable bonds is 3. The number of hydrogen-bond acceptors (Lipinski definition) is 6. The van der Waals surface area contributed by atoms with E-state index < -0.39 is 5.63 Å². The monoisotopic (exact) mass is 399 g/mol. The molecular weight excluding hydrogens is 374 g/mol. The number of likely N-dealkylation sites (tertiary alicyclic amines) is 1. The maximum Gasteiger partial charge on any atom is 0.340 e. The zero-order valence-corrected chi connectivity index (χ0v) is 17.0. The lowest BCUT2D eigenvalue weighted by atomic mass is 9.92. The summed E-state index contributed by atoms with van der Waals surface area (Å²) >= 11 is 0. The molecule has 29 heavy (non-hydrogen) atoms. The van der Waals surface area contributed by atoms with Crippen LogP contribution in [-0.2, 0) is 17.6 Å². The van der Waals surface area contributed by atoms with Gasteiger partial charge in [-0.3, -0.25) is 9.59 Å². The summed E-state index contributed by atoms with van der Waals surface area (Å²) in [6.07, 6.45) is 2.72. The lowest BCUT2D eigenvalue weighted by Gasteiger charge is -2.23. The Kier molecular flexibility index (Phi) is 4.63. The van der Waals surface area contributed by atoms with Crippen molar-refractivity contribution in [2.45, 2.75) is 46.5 Å². The van der Waals surface area contributed by atoms with Gasteiger partial charge in [0.25, 0.3) is 0 Å². The van der Waals surface area contributed by atoms with Crippen LogP contribution in [0, 0.1) is 12.3 Å². The van der Waals surface area contributed by atoms with E-state index in [0.29, 0.717) is 54.5 Å². The lowest BCUT2D eigenvalue weighted by molar-refractivity contribution is -0.129. The highest BCUT2D eigenvalue weighted by Gasteiger charge is 2.33. The number of aromatic hydroxyl groups is 1.